The number of rotatable bonds is 4. The Bertz CT molecular complexity index is 807. The van der Waals surface area contributed by atoms with Gasteiger partial charge in [-0.1, -0.05) is 29.8 Å². The topological polar surface area (TPSA) is 68.3 Å². The Morgan fingerprint density at radius 1 is 1.42 bits per heavy atom. The van der Waals surface area contributed by atoms with Crippen LogP contribution in [0, 0.1) is 5.92 Å². The van der Waals surface area contributed by atoms with Crippen molar-refractivity contribution in [1.82, 2.24) is 10.3 Å². The zero-order valence-corrected chi connectivity index (χ0v) is 14.3. The monoisotopic (exact) mass is 362 g/mol. The van der Waals surface area contributed by atoms with Crippen LogP contribution in [0.25, 0.3) is 10.6 Å². The predicted octanol–water partition coefficient (Wildman–Crippen LogP) is 2.83. The van der Waals surface area contributed by atoms with Crippen molar-refractivity contribution in [3.05, 3.63) is 40.4 Å². The van der Waals surface area contributed by atoms with E-state index in [4.69, 9.17) is 16.3 Å². The van der Waals surface area contributed by atoms with Crippen molar-refractivity contribution in [1.29, 1.82) is 0 Å². The number of nitrogens with zero attached hydrogens (tertiary/aromatic N) is 1. The fraction of sp³-hybridized carbons (Fsp3) is 0.353. The third-order valence-electron chi connectivity index (χ3n) is 4.51. The van der Waals surface area contributed by atoms with Crippen molar-refractivity contribution in [3.63, 3.8) is 0 Å². The van der Waals surface area contributed by atoms with Crippen molar-refractivity contribution in [2.45, 2.75) is 31.4 Å². The van der Waals surface area contributed by atoms with Gasteiger partial charge < -0.3 is 10.1 Å². The standard InChI is InChI=1S/C17H15ClN2O3S/c18-12-4-2-1-3-10(12)17-19-9(8-24-17)5-15(21)20-13-7-14-11(13)6-16(22)23-14/h1-4,8,11,13-14H,5-7H2,(H,20,21)/t11-,13+,14+/m0/s1. The van der Waals surface area contributed by atoms with Gasteiger partial charge in [0.25, 0.3) is 0 Å². The van der Waals surface area contributed by atoms with Crippen molar-refractivity contribution in [3.8, 4) is 10.6 Å². The Morgan fingerprint density at radius 2 is 2.25 bits per heavy atom. The van der Waals surface area contributed by atoms with Crippen molar-refractivity contribution in [2.75, 3.05) is 0 Å². The predicted molar refractivity (Wildman–Crippen MR) is 90.8 cm³/mol. The molecular formula is C17H15ClN2O3S. The largest absolute Gasteiger partial charge is 0.462 e. The molecular weight excluding hydrogens is 348 g/mol. The molecule has 0 bridgehead atoms. The van der Waals surface area contributed by atoms with Crippen LogP contribution in [0.2, 0.25) is 5.02 Å². The number of hydrogen-bond acceptors (Lipinski definition) is 5. The fourth-order valence-electron chi connectivity index (χ4n) is 3.22. The summed E-state index contributed by atoms with van der Waals surface area (Å²) in [4.78, 5) is 27.9. The van der Waals surface area contributed by atoms with Gasteiger partial charge in [-0.2, -0.15) is 0 Å². The molecule has 2 fully saturated rings. The van der Waals surface area contributed by atoms with Crippen LogP contribution in [-0.4, -0.2) is 29.0 Å². The van der Waals surface area contributed by atoms with Gasteiger partial charge in [-0.3, -0.25) is 9.59 Å². The first-order chi connectivity index (χ1) is 11.6. The summed E-state index contributed by atoms with van der Waals surface area (Å²) >= 11 is 7.65. The van der Waals surface area contributed by atoms with Gasteiger partial charge >= 0.3 is 5.97 Å². The second kappa shape index (κ2) is 6.18. The Morgan fingerprint density at radius 3 is 3.04 bits per heavy atom. The van der Waals surface area contributed by atoms with Gasteiger partial charge in [0.1, 0.15) is 11.1 Å². The number of ether oxygens (including phenoxy) is 1. The van der Waals surface area contributed by atoms with Gasteiger partial charge in [0.05, 0.1) is 23.6 Å². The van der Waals surface area contributed by atoms with Crippen LogP contribution in [0.4, 0.5) is 0 Å². The summed E-state index contributed by atoms with van der Waals surface area (Å²) < 4.78 is 5.14. The molecule has 2 heterocycles. The first kappa shape index (κ1) is 15.6. The second-order valence-electron chi connectivity index (χ2n) is 6.11. The number of fused-ring (bicyclic) bond motifs is 1. The number of hydrogen-bond donors (Lipinski definition) is 1. The number of aromatic nitrogens is 1. The molecule has 1 aromatic carbocycles. The summed E-state index contributed by atoms with van der Waals surface area (Å²) in [5.41, 5.74) is 1.60. The molecule has 1 saturated carbocycles. The first-order valence-electron chi connectivity index (χ1n) is 7.78. The normalized spacial score (nSPS) is 24.9. The molecule has 1 amide bonds. The second-order valence-corrected chi connectivity index (χ2v) is 7.37. The van der Waals surface area contributed by atoms with Gasteiger partial charge in [-0.15, -0.1) is 11.3 Å². The van der Waals surface area contributed by atoms with E-state index in [-0.39, 0.29) is 36.4 Å². The number of amides is 1. The average molecular weight is 363 g/mol. The Balaban J connectivity index is 1.37. The van der Waals surface area contributed by atoms with Crippen LogP contribution in [0.5, 0.6) is 0 Å². The minimum Gasteiger partial charge on any atom is -0.462 e. The lowest BCUT2D eigenvalue weighted by Gasteiger charge is -2.38. The number of carbonyl (C=O) groups excluding carboxylic acids is 2. The SMILES string of the molecule is O=C(Cc1csc(-c2ccccc2Cl)n1)N[C@@H]1C[C@H]2OC(=O)C[C@@H]12. The van der Waals surface area contributed by atoms with Crippen LogP contribution in [0.3, 0.4) is 0 Å². The van der Waals surface area contributed by atoms with Crippen LogP contribution in [-0.2, 0) is 20.7 Å². The molecule has 124 valence electrons. The third-order valence-corrected chi connectivity index (χ3v) is 5.76. The van der Waals surface area contributed by atoms with Gasteiger partial charge in [0.2, 0.25) is 5.91 Å². The number of thiazole rings is 1. The highest BCUT2D eigenvalue weighted by molar-refractivity contribution is 7.13. The smallest absolute Gasteiger partial charge is 0.306 e. The minimum atomic E-state index is -0.161. The zero-order valence-electron chi connectivity index (χ0n) is 12.7. The maximum absolute atomic E-state index is 12.2. The molecule has 1 aromatic heterocycles. The summed E-state index contributed by atoms with van der Waals surface area (Å²) in [5.74, 6) is -0.102. The molecule has 0 spiro atoms. The maximum Gasteiger partial charge on any atom is 0.306 e. The number of carbonyl (C=O) groups is 2. The fourth-order valence-corrected chi connectivity index (χ4v) is 4.36. The molecule has 2 aliphatic rings. The number of esters is 1. The molecule has 0 unspecified atom stereocenters. The van der Waals surface area contributed by atoms with Gasteiger partial charge in [0, 0.05) is 29.3 Å². The van der Waals surface area contributed by atoms with Crippen molar-refractivity contribution < 1.29 is 14.3 Å². The molecule has 3 atom stereocenters. The number of benzene rings is 1. The van der Waals surface area contributed by atoms with Crippen LogP contribution in [0.15, 0.2) is 29.6 Å². The average Bonchev–Trinajstić information content (AvgIpc) is 3.11. The molecule has 1 saturated heterocycles. The molecule has 7 heteroatoms. The minimum absolute atomic E-state index is 0.00565. The van der Waals surface area contributed by atoms with Crippen molar-refractivity contribution >= 4 is 34.8 Å². The molecule has 1 aliphatic heterocycles. The van der Waals surface area contributed by atoms with Crippen molar-refractivity contribution in [2.24, 2.45) is 5.92 Å². The quantitative estimate of drug-likeness (QED) is 0.849. The van der Waals surface area contributed by atoms with E-state index in [0.29, 0.717) is 17.9 Å². The third kappa shape index (κ3) is 2.91. The van der Waals surface area contributed by atoms with Gasteiger partial charge in [-0.05, 0) is 6.07 Å². The highest BCUT2D eigenvalue weighted by Crippen LogP contribution is 2.39. The summed E-state index contributed by atoms with van der Waals surface area (Å²) in [6, 6.07) is 7.55. The lowest BCUT2D eigenvalue weighted by molar-refractivity contribution is -0.143. The van der Waals surface area contributed by atoms with Crippen LogP contribution < -0.4 is 5.32 Å². The zero-order chi connectivity index (χ0) is 16.7. The summed E-state index contributed by atoms with van der Waals surface area (Å²) in [5, 5.41) is 6.32. The molecule has 1 aliphatic carbocycles. The van der Waals surface area contributed by atoms with E-state index in [9.17, 15) is 9.59 Å². The molecule has 0 radical (unpaired) electrons. The molecule has 24 heavy (non-hydrogen) atoms. The summed E-state index contributed by atoms with van der Waals surface area (Å²) in [6.07, 6.45) is 1.34. The molecule has 5 nitrogen and oxygen atoms in total. The van der Waals surface area contributed by atoms with Gasteiger partial charge in [-0.25, -0.2) is 4.98 Å². The maximum atomic E-state index is 12.2. The molecule has 4 rings (SSSR count). The Hall–Kier alpha value is -1.92. The summed E-state index contributed by atoms with van der Waals surface area (Å²) in [6.45, 7) is 0. The van der Waals surface area contributed by atoms with E-state index in [0.717, 1.165) is 16.3 Å². The highest BCUT2D eigenvalue weighted by Gasteiger charge is 2.50. The Kier molecular flexibility index (Phi) is 4.02. The molecule has 2 aromatic rings. The van der Waals surface area contributed by atoms with Crippen LogP contribution >= 0.6 is 22.9 Å². The summed E-state index contributed by atoms with van der Waals surface area (Å²) in [7, 11) is 0. The Labute approximate surface area is 148 Å². The van der Waals surface area contributed by atoms with E-state index >= 15 is 0 Å². The van der Waals surface area contributed by atoms with E-state index in [1.54, 1.807) is 0 Å². The lowest BCUT2D eigenvalue weighted by Crippen LogP contribution is -2.53. The van der Waals surface area contributed by atoms with E-state index in [2.05, 4.69) is 10.3 Å². The van der Waals surface area contributed by atoms with E-state index in [1.807, 2.05) is 29.6 Å². The van der Waals surface area contributed by atoms with E-state index in [1.165, 1.54) is 11.3 Å². The lowest BCUT2D eigenvalue weighted by atomic mass is 9.76. The number of nitrogens with one attached hydrogen (secondary N) is 1. The number of halogens is 1. The molecule has 1 N–H and O–H groups in total. The van der Waals surface area contributed by atoms with Crippen LogP contribution in [0.1, 0.15) is 18.5 Å². The highest BCUT2D eigenvalue weighted by atomic mass is 35.5. The first-order valence-corrected chi connectivity index (χ1v) is 9.04. The van der Waals surface area contributed by atoms with E-state index < -0.39 is 0 Å². The van der Waals surface area contributed by atoms with Gasteiger partial charge in [0.15, 0.2) is 0 Å².